The lowest BCUT2D eigenvalue weighted by molar-refractivity contribution is 1.41. The highest BCUT2D eigenvalue weighted by atomic mass is 14.0. The molecule has 0 spiro atoms. The molecule has 0 unspecified atom stereocenters. The Hall–Kier alpha value is -1.30. The smallest absolute Gasteiger partial charge is 0.00606 e. The molecule has 0 saturated heterocycles. The molecule has 0 aromatic heterocycles. The van der Waals surface area contributed by atoms with Gasteiger partial charge in [-0.3, -0.25) is 0 Å². The number of aryl methyl sites for hydroxylation is 2. The number of benzene rings is 2. The Morgan fingerprint density at radius 3 is 2.58 bits per heavy atom. The van der Waals surface area contributed by atoms with Crippen LogP contribution in [-0.4, -0.2) is 0 Å². The van der Waals surface area contributed by atoms with Gasteiger partial charge in [0.05, 0.1) is 0 Å². The fraction of sp³-hybridized carbons (Fsp3) is 0.167. The van der Waals surface area contributed by atoms with E-state index in [-0.39, 0.29) is 0 Å². The predicted octanol–water partition coefficient (Wildman–Crippen LogP) is 3.06. The molecule has 0 aliphatic heterocycles. The average Bonchev–Trinajstić information content (AvgIpc) is 2.04. The minimum atomic E-state index is 1.09. The van der Waals surface area contributed by atoms with Crippen molar-refractivity contribution in [2.45, 2.75) is 13.8 Å². The molecule has 58 valence electrons. The SMILES string of the molecule is Cc1[c]c(C)c2ccccc2[c]1. The quantitative estimate of drug-likeness (QED) is 0.547. The van der Waals surface area contributed by atoms with Gasteiger partial charge in [0.2, 0.25) is 0 Å². The minimum absolute atomic E-state index is 1.09. The maximum absolute atomic E-state index is 3.27. The summed E-state index contributed by atoms with van der Waals surface area (Å²) in [6.07, 6.45) is 0. The van der Waals surface area contributed by atoms with Gasteiger partial charge in [-0.2, -0.15) is 0 Å². The Morgan fingerprint density at radius 2 is 1.75 bits per heavy atom. The molecular weight excluding hydrogens is 144 g/mol. The fourth-order valence-electron chi connectivity index (χ4n) is 1.50. The van der Waals surface area contributed by atoms with Crippen molar-refractivity contribution in [3.05, 3.63) is 47.5 Å². The van der Waals surface area contributed by atoms with Gasteiger partial charge < -0.3 is 0 Å². The van der Waals surface area contributed by atoms with Crippen LogP contribution in [0, 0.1) is 26.0 Å². The highest BCUT2D eigenvalue weighted by molar-refractivity contribution is 5.85. The lowest BCUT2D eigenvalue weighted by atomic mass is 10.0. The standard InChI is InChI=1S/C12H10/c1-9-7-10(2)12-6-4-3-5-11(12)8-9/h3-6H,1-2H3. The van der Waals surface area contributed by atoms with Gasteiger partial charge in [0.25, 0.3) is 0 Å². The molecule has 2 aromatic carbocycles. The summed E-state index contributed by atoms with van der Waals surface area (Å²) >= 11 is 0. The molecule has 2 rings (SSSR count). The number of hydrogen-bond donors (Lipinski definition) is 0. The first kappa shape index (κ1) is 7.35. The Kier molecular flexibility index (Phi) is 1.61. The van der Waals surface area contributed by atoms with Gasteiger partial charge in [0.15, 0.2) is 0 Å². The van der Waals surface area contributed by atoms with Crippen molar-refractivity contribution in [3.8, 4) is 0 Å². The zero-order chi connectivity index (χ0) is 8.55. The Bertz CT molecular complexity index is 413. The van der Waals surface area contributed by atoms with Crippen LogP contribution in [0.1, 0.15) is 11.1 Å². The lowest BCUT2D eigenvalue weighted by Crippen LogP contribution is -1.81. The summed E-state index contributed by atoms with van der Waals surface area (Å²) in [5, 5.41) is 2.44. The third kappa shape index (κ3) is 1.10. The highest BCUT2D eigenvalue weighted by Crippen LogP contribution is 2.18. The summed E-state index contributed by atoms with van der Waals surface area (Å²) in [5.74, 6) is 0. The van der Waals surface area contributed by atoms with Crippen molar-refractivity contribution in [2.24, 2.45) is 0 Å². The zero-order valence-corrected chi connectivity index (χ0v) is 7.31. The van der Waals surface area contributed by atoms with Crippen LogP contribution < -0.4 is 0 Å². The van der Waals surface area contributed by atoms with Gasteiger partial charge >= 0.3 is 0 Å². The zero-order valence-electron chi connectivity index (χ0n) is 7.31. The molecule has 0 heterocycles. The second-order valence-electron chi connectivity index (χ2n) is 3.05. The maximum atomic E-state index is 3.27. The molecule has 12 heavy (non-hydrogen) atoms. The molecule has 0 amide bonds. The largest absolute Gasteiger partial charge is 0.0616 e. The summed E-state index contributed by atoms with van der Waals surface area (Å²) in [4.78, 5) is 0. The van der Waals surface area contributed by atoms with Crippen LogP contribution in [0.2, 0.25) is 0 Å². The molecule has 2 radical (unpaired) electrons. The van der Waals surface area contributed by atoms with Crippen LogP contribution in [0.15, 0.2) is 24.3 Å². The normalized spacial score (nSPS) is 10.5. The maximum Gasteiger partial charge on any atom is -0.00606 e. The fourth-order valence-corrected chi connectivity index (χ4v) is 1.50. The van der Waals surface area contributed by atoms with Crippen LogP contribution in [0.3, 0.4) is 0 Å². The van der Waals surface area contributed by atoms with E-state index in [1.807, 2.05) is 19.1 Å². The monoisotopic (exact) mass is 154 g/mol. The molecule has 0 saturated carbocycles. The summed E-state index contributed by atoms with van der Waals surface area (Å²) in [5.41, 5.74) is 2.30. The second kappa shape index (κ2) is 2.63. The van der Waals surface area contributed by atoms with Gasteiger partial charge in [-0.25, -0.2) is 0 Å². The molecule has 0 aliphatic carbocycles. The summed E-state index contributed by atoms with van der Waals surface area (Å²) < 4.78 is 0. The van der Waals surface area contributed by atoms with E-state index >= 15 is 0 Å². The van der Waals surface area contributed by atoms with E-state index < -0.39 is 0 Å². The lowest BCUT2D eigenvalue weighted by Gasteiger charge is -2.01. The third-order valence-electron chi connectivity index (χ3n) is 2.03. The van der Waals surface area contributed by atoms with Gasteiger partial charge in [-0.1, -0.05) is 24.3 Å². The van der Waals surface area contributed by atoms with Crippen molar-refractivity contribution in [1.82, 2.24) is 0 Å². The summed E-state index contributed by atoms with van der Waals surface area (Å²) in [6.45, 7) is 4.11. The number of fused-ring (bicyclic) bond motifs is 1. The van der Waals surface area contributed by atoms with Crippen LogP contribution in [0.5, 0.6) is 0 Å². The van der Waals surface area contributed by atoms with Gasteiger partial charge in [-0.15, -0.1) is 0 Å². The molecule has 0 heteroatoms. The van der Waals surface area contributed by atoms with Crippen LogP contribution in [-0.2, 0) is 0 Å². The van der Waals surface area contributed by atoms with Crippen LogP contribution >= 0.6 is 0 Å². The van der Waals surface area contributed by atoms with Crippen molar-refractivity contribution in [1.29, 1.82) is 0 Å². The van der Waals surface area contributed by atoms with Gasteiger partial charge in [-0.05, 0) is 47.9 Å². The van der Waals surface area contributed by atoms with E-state index in [0.29, 0.717) is 0 Å². The summed E-state index contributed by atoms with van der Waals surface area (Å²) in [6, 6.07) is 14.8. The molecule has 2 aromatic rings. The first-order valence-corrected chi connectivity index (χ1v) is 4.08. The Morgan fingerprint density at radius 1 is 1.00 bits per heavy atom. The average molecular weight is 154 g/mol. The van der Waals surface area contributed by atoms with E-state index in [4.69, 9.17) is 0 Å². The third-order valence-corrected chi connectivity index (χ3v) is 2.03. The van der Waals surface area contributed by atoms with E-state index in [9.17, 15) is 0 Å². The predicted molar refractivity (Wildman–Crippen MR) is 51.1 cm³/mol. The molecule has 0 atom stereocenters. The molecule has 0 nitrogen and oxygen atoms in total. The van der Waals surface area contributed by atoms with Crippen LogP contribution in [0.25, 0.3) is 10.8 Å². The molecule has 0 N–H and O–H groups in total. The minimum Gasteiger partial charge on any atom is -0.0616 e. The van der Waals surface area contributed by atoms with E-state index in [2.05, 4.69) is 31.2 Å². The Labute approximate surface area is 72.8 Å². The molecule has 0 fully saturated rings. The summed E-state index contributed by atoms with van der Waals surface area (Å²) in [7, 11) is 0. The second-order valence-corrected chi connectivity index (χ2v) is 3.05. The Balaban J connectivity index is 2.89. The van der Waals surface area contributed by atoms with E-state index in [1.54, 1.807) is 0 Å². The topological polar surface area (TPSA) is 0 Å². The number of hydrogen-bond acceptors (Lipinski definition) is 0. The van der Waals surface area contributed by atoms with Crippen molar-refractivity contribution in [2.75, 3.05) is 0 Å². The first-order chi connectivity index (χ1) is 5.77. The van der Waals surface area contributed by atoms with Crippen molar-refractivity contribution < 1.29 is 0 Å². The van der Waals surface area contributed by atoms with E-state index in [0.717, 1.165) is 5.56 Å². The van der Waals surface area contributed by atoms with Crippen molar-refractivity contribution >= 4 is 10.8 Å². The highest BCUT2D eigenvalue weighted by Gasteiger charge is 1.97. The molecule has 0 bridgehead atoms. The molecule has 0 aliphatic rings. The van der Waals surface area contributed by atoms with Crippen molar-refractivity contribution in [3.63, 3.8) is 0 Å². The number of rotatable bonds is 0. The van der Waals surface area contributed by atoms with Gasteiger partial charge in [0, 0.05) is 0 Å². The van der Waals surface area contributed by atoms with Gasteiger partial charge in [0.1, 0.15) is 0 Å². The first-order valence-electron chi connectivity index (χ1n) is 4.08. The molecular formula is C12H10. The van der Waals surface area contributed by atoms with E-state index in [1.165, 1.54) is 16.3 Å². The van der Waals surface area contributed by atoms with Crippen LogP contribution in [0.4, 0.5) is 0 Å².